The van der Waals surface area contributed by atoms with Crippen LogP contribution in [0.3, 0.4) is 0 Å². The first-order valence-corrected chi connectivity index (χ1v) is 4.16. The van der Waals surface area contributed by atoms with Crippen molar-refractivity contribution in [1.29, 1.82) is 0 Å². The molecule has 0 aliphatic carbocycles. The minimum absolute atomic E-state index is 0.214. The van der Waals surface area contributed by atoms with Gasteiger partial charge in [-0.2, -0.15) is 0 Å². The molecule has 2 aromatic rings. The van der Waals surface area contributed by atoms with Crippen molar-refractivity contribution in [1.82, 2.24) is 9.97 Å². The summed E-state index contributed by atoms with van der Waals surface area (Å²) in [6.45, 7) is 0. The quantitative estimate of drug-likeness (QED) is 0.700. The number of hydrogen-bond donors (Lipinski definition) is 2. The molecule has 0 atom stereocenters. The third kappa shape index (κ3) is 1.50. The zero-order valence-electron chi connectivity index (χ0n) is 7.40. The molecule has 2 aromatic heterocycles. The second-order valence-electron chi connectivity index (χ2n) is 2.91. The maximum Gasteiger partial charge on any atom is 0.271 e. The molecule has 0 radical (unpaired) electrons. The second kappa shape index (κ2) is 3.33. The molecule has 2 heterocycles. The van der Waals surface area contributed by atoms with Crippen molar-refractivity contribution in [2.24, 2.45) is 0 Å². The number of pyridine rings is 2. The highest BCUT2D eigenvalue weighted by atomic mass is 16.1. The Kier molecular flexibility index (Phi) is 2.02. The molecular formula is C10H9N3O. The van der Waals surface area contributed by atoms with Crippen LogP contribution in [-0.4, -0.2) is 9.97 Å². The monoisotopic (exact) mass is 187 g/mol. The van der Waals surface area contributed by atoms with E-state index in [1.165, 1.54) is 0 Å². The van der Waals surface area contributed by atoms with Gasteiger partial charge in [0, 0.05) is 29.7 Å². The number of aromatic nitrogens is 2. The first-order chi connectivity index (χ1) is 6.77. The number of H-pyrrole nitrogens is 1. The molecule has 0 saturated heterocycles. The molecule has 0 fully saturated rings. The van der Waals surface area contributed by atoms with Crippen LogP contribution in [0, 0.1) is 0 Å². The first kappa shape index (κ1) is 8.50. The Balaban J connectivity index is 2.54. The predicted molar refractivity (Wildman–Crippen MR) is 54.7 cm³/mol. The van der Waals surface area contributed by atoms with Crippen LogP contribution < -0.4 is 11.3 Å². The van der Waals surface area contributed by atoms with Gasteiger partial charge in [-0.05, 0) is 12.1 Å². The van der Waals surface area contributed by atoms with Gasteiger partial charge in [-0.3, -0.25) is 9.78 Å². The highest BCUT2D eigenvalue weighted by Crippen LogP contribution is 2.16. The SMILES string of the molecule is Nc1cc(-c2cccnc2)c[nH]c1=O. The molecular weight excluding hydrogens is 178 g/mol. The Morgan fingerprint density at radius 3 is 2.86 bits per heavy atom. The van der Waals surface area contributed by atoms with E-state index in [-0.39, 0.29) is 11.2 Å². The molecule has 70 valence electrons. The predicted octanol–water partition coefficient (Wildman–Crippen LogP) is 1.02. The summed E-state index contributed by atoms with van der Waals surface area (Å²) in [6, 6.07) is 5.37. The van der Waals surface area contributed by atoms with Gasteiger partial charge in [0.1, 0.15) is 0 Å². The summed E-state index contributed by atoms with van der Waals surface area (Å²) >= 11 is 0. The van der Waals surface area contributed by atoms with Gasteiger partial charge in [-0.15, -0.1) is 0 Å². The Hall–Kier alpha value is -2.10. The fourth-order valence-corrected chi connectivity index (χ4v) is 1.20. The molecule has 0 aliphatic heterocycles. The second-order valence-corrected chi connectivity index (χ2v) is 2.91. The molecule has 0 spiro atoms. The number of hydrogen-bond acceptors (Lipinski definition) is 3. The van der Waals surface area contributed by atoms with Crippen molar-refractivity contribution < 1.29 is 0 Å². The lowest BCUT2D eigenvalue weighted by Gasteiger charge is -2.00. The molecule has 4 heteroatoms. The lowest BCUT2D eigenvalue weighted by Crippen LogP contribution is -2.10. The molecule has 0 amide bonds. The summed E-state index contributed by atoms with van der Waals surface area (Å²) in [6.07, 6.45) is 5.03. The molecule has 2 rings (SSSR count). The molecule has 14 heavy (non-hydrogen) atoms. The van der Waals surface area contributed by atoms with Crippen molar-refractivity contribution in [3.8, 4) is 11.1 Å². The number of aromatic amines is 1. The van der Waals surface area contributed by atoms with E-state index < -0.39 is 0 Å². The molecule has 0 bridgehead atoms. The van der Waals surface area contributed by atoms with Crippen LogP contribution in [0.15, 0.2) is 41.6 Å². The third-order valence-corrected chi connectivity index (χ3v) is 1.93. The normalized spacial score (nSPS) is 10.0. The van der Waals surface area contributed by atoms with Crippen LogP contribution in [0.5, 0.6) is 0 Å². The van der Waals surface area contributed by atoms with E-state index in [0.717, 1.165) is 11.1 Å². The van der Waals surface area contributed by atoms with Crippen molar-refractivity contribution in [3.63, 3.8) is 0 Å². The maximum absolute atomic E-state index is 11.0. The summed E-state index contributed by atoms with van der Waals surface area (Å²) < 4.78 is 0. The van der Waals surface area contributed by atoms with Crippen LogP contribution in [-0.2, 0) is 0 Å². The van der Waals surface area contributed by atoms with E-state index in [9.17, 15) is 4.79 Å². The van der Waals surface area contributed by atoms with E-state index in [1.54, 1.807) is 24.7 Å². The summed E-state index contributed by atoms with van der Waals surface area (Å²) in [4.78, 5) is 17.5. The number of nitrogens with one attached hydrogen (secondary N) is 1. The zero-order chi connectivity index (χ0) is 9.97. The van der Waals surface area contributed by atoms with E-state index in [4.69, 9.17) is 5.73 Å². The summed E-state index contributed by atoms with van der Waals surface area (Å²) in [5.74, 6) is 0. The number of rotatable bonds is 1. The lowest BCUT2D eigenvalue weighted by atomic mass is 10.1. The summed E-state index contributed by atoms with van der Waals surface area (Å²) in [5, 5.41) is 0. The number of nitrogen functional groups attached to an aromatic ring is 1. The number of nitrogens with two attached hydrogens (primary N) is 1. The highest BCUT2D eigenvalue weighted by Gasteiger charge is 1.99. The third-order valence-electron chi connectivity index (χ3n) is 1.93. The van der Waals surface area contributed by atoms with E-state index in [0.29, 0.717) is 0 Å². The van der Waals surface area contributed by atoms with Crippen LogP contribution >= 0.6 is 0 Å². The van der Waals surface area contributed by atoms with Gasteiger partial charge < -0.3 is 10.7 Å². The van der Waals surface area contributed by atoms with Gasteiger partial charge in [-0.1, -0.05) is 6.07 Å². The fourth-order valence-electron chi connectivity index (χ4n) is 1.20. The minimum atomic E-state index is -0.266. The zero-order valence-corrected chi connectivity index (χ0v) is 7.40. The number of anilines is 1. The van der Waals surface area contributed by atoms with Gasteiger partial charge >= 0.3 is 0 Å². The molecule has 0 aromatic carbocycles. The lowest BCUT2D eigenvalue weighted by molar-refractivity contribution is 1.24. The van der Waals surface area contributed by atoms with Crippen LogP contribution in [0.25, 0.3) is 11.1 Å². The van der Waals surface area contributed by atoms with Crippen LogP contribution in [0.4, 0.5) is 5.69 Å². The van der Waals surface area contributed by atoms with Crippen molar-refractivity contribution in [2.45, 2.75) is 0 Å². The Labute approximate surface area is 80.4 Å². The smallest absolute Gasteiger partial charge is 0.271 e. The highest BCUT2D eigenvalue weighted by molar-refractivity contribution is 5.64. The summed E-state index contributed by atoms with van der Waals surface area (Å²) in [7, 11) is 0. The Morgan fingerprint density at radius 1 is 1.36 bits per heavy atom. The molecule has 0 aliphatic rings. The molecule has 3 N–H and O–H groups in total. The maximum atomic E-state index is 11.0. The van der Waals surface area contributed by atoms with Crippen LogP contribution in [0.1, 0.15) is 0 Å². The average molecular weight is 187 g/mol. The Bertz CT molecular complexity index is 490. The molecule has 0 unspecified atom stereocenters. The van der Waals surface area contributed by atoms with Crippen LogP contribution in [0.2, 0.25) is 0 Å². The topological polar surface area (TPSA) is 71.8 Å². The van der Waals surface area contributed by atoms with E-state index in [1.807, 2.05) is 12.1 Å². The molecule has 0 saturated carbocycles. The van der Waals surface area contributed by atoms with Gasteiger partial charge in [-0.25, -0.2) is 0 Å². The minimum Gasteiger partial charge on any atom is -0.394 e. The van der Waals surface area contributed by atoms with Crippen molar-refractivity contribution >= 4 is 5.69 Å². The van der Waals surface area contributed by atoms with Gasteiger partial charge in [0.2, 0.25) is 0 Å². The van der Waals surface area contributed by atoms with Crippen molar-refractivity contribution in [3.05, 3.63) is 47.1 Å². The van der Waals surface area contributed by atoms with E-state index in [2.05, 4.69) is 9.97 Å². The van der Waals surface area contributed by atoms with Gasteiger partial charge in [0.05, 0.1) is 5.69 Å². The standard InChI is InChI=1S/C10H9N3O/c11-9-4-8(6-13-10(9)14)7-2-1-3-12-5-7/h1-6H,11H2,(H,13,14). The van der Waals surface area contributed by atoms with Gasteiger partial charge in [0.25, 0.3) is 5.56 Å². The first-order valence-electron chi connectivity index (χ1n) is 4.16. The number of nitrogens with zero attached hydrogens (tertiary/aromatic N) is 1. The van der Waals surface area contributed by atoms with E-state index >= 15 is 0 Å². The Morgan fingerprint density at radius 2 is 2.21 bits per heavy atom. The average Bonchev–Trinajstić information content (AvgIpc) is 2.23. The molecule has 4 nitrogen and oxygen atoms in total. The summed E-state index contributed by atoms with van der Waals surface area (Å²) in [5.41, 5.74) is 7.22. The van der Waals surface area contributed by atoms with Crippen molar-refractivity contribution in [2.75, 3.05) is 5.73 Å². The largest absolute Gasteiger partial charge is 0.394 e. The fraction of sp³-hybridized carbons (Fsp3) is 0. The van der Waals surface area contributed by atoms with Gasteiger partial charge in [0.15, 0.2) is 0 Å².